The quantitative estimate of drug-likeness (QED) is 0.609. The van der Waals surface area contributed by atoms with Crippen molar-refractivity contribution < 1.29 is 9.84 Å². The van der Waals surface area contributed by atoms with Crippen LogP contribution in [0.25, 0.3) is 0 Å². The molecule has 0 radical (unpaired) electrons. The monoisotopic (exact) mass is 277 g/mol. The highest BCUT2D eigenvalue weighted by Crippen LogP contribution is 2.29. The maximum absolute atomic E-state index is 9.78. The fourth-order valence-electron chi connectivity index (χ4n) is 1.83. The third-order valence-electron chi connectivity index (χ3n) is 3.31. The average Bonchev–Trinajstić information content (AvgIpc) is 2.35. The summed E-state index contributed by atoms with van der Waals surface area (Å²) in [6.07, 6.45) is 4.06. The Hall–Kier alpha value is 0.230. The van der Waals surface area contributed by atoms with Gasteiger partial charge in [0, 0.05) is 24.4 Å². The van der Waals surface area contributed by atoms with Crippen LogP contribution < -0.4 is 5.32 Å². The van der Waals surface area contributed by atoms with E-state index in [1.807, 2.05) is 11.8 Å². The molecule has 0 amide bonds. The summed E-state index contributed by atoms with van der Waals surface area (Å²) < 4.78 is 5.73. The van der Waals surface area contributed by atoms with E-state index in [1.165, 1.54) is 0 Å². The average molecular weight is 277 g/mol. The minimum atomic E-state index is -0.406. The molecular weight excluding hydrogens is 246 g/mol. The van der Waals surface area contributed by atoms with Crippen molar-refractivity contribution >= 4 is 11.8 Å². The molecule has 0 aromatic heterocycles. The molecule has 0 heterocycles. The highest BCUT2D eigenvalue weighted by Gasteiger charge is 2.24. The summed E-state index contributed by atoms with van der Waals surface area (Å²) in [7, 11) is 0. The molecule has 0 aliphatic carbocycles. The molecule has 0 saturated carbocycles. The van der Waals surface area contributed by atoms with Crippen molar-refractivity contribution in [3.8, 4) is 0 Å². The number of aliphatic hydroxyl groups is 1. The molecule has 0 saturated heterocycles. The number of rotatable bonds is 11. The number of thioether (sulfide) groups is 1. The van der Waals surface area contributed by atoms with Gasteiger partial charge >= 0.3 is 0 Å². The lowest BCUT2D eigenvalue weighted by atomic mass is 10.0. The van der Waals surface area contributed by atoms with Crippen molar-refractivity contribution in [1.82, 2.24) is 5.32 Å². The molecule has 18 heavy (non-hydrogen) atoms. The third kappa shape index (κ3) is 7.62. The Balaban J connectivity index is 3.75. The fourth-order valence-corrected chi connectivity index (χ4v) is 2.65. The van der Waals surface area contributed by atoms with E-state index >= 15 is 0 Å². The number of hydrogen-bond acceptors (Lipinski definition) is 4. The van der Waals surface area contributed by atoms with Crippen LogP contribution in [0.3, 0.4) is 0 Å². The first-order valence-electron chi connectivity index (χ1n) is 7.01. The largest absolute Gasteiger partial charge is 0.389 e. The third-order valence-corrected chi connectivity index (χ3v) is 4.90. The number of ether oxygens (including phenoxy) is 1. The molecule has 0 aliphatic heterocycles. The minimum absolute atomic E-state index is 0.304. The first-order chi connectivity index (χ1) is 8.49. The van der Waals surface area contributed by atoms with E-state index < -0.39 is 6.10 Å². The van der Waals surface area contributed by atoms with Crippen molar-refractivity contribution in [2.24, 2.45) is 5.92 Å². The van der Waals surface area contributed by atoms with Gasteiger partial charge in [-0.25, -0.2) is 0 Å². The maximum Gasteiger partial charge on any atom is 0.0897 e. The van der Waals surface area contributed by atoms with Gasteiger partial charge in [0.05, 0.1) is 12.7 Å². The zero-order valence-corrected chi connectivity index (χ0v) is 13.5. The van der Waals surface area contributed by atoms with E-state index in [0.29, 0.717) is 23.8 Å². The molecule has 4 heteroatoms. The Morgan fingerprint density at radius 2 is 1.83 bits per heavy atom. The van der Waals surface area contributed by atoms with Gasteiger partial charge in [0.1, 0.15) is 0 Å². The summed E-state index contributed by atoms with van der Waals surface area (Å²) in [6.45, 7) is 11.4. The van der Waals surface area contributed by atoms with Crippen molar-refractivity contribution in [1.29, 1.82) is 0 Å². The van der Waals surface area contributed by atoms with Crippen LogP contribution in [0.4, 0.5) is 0 Å². The van der Waals surface area contributed by atoms with E-state index in [2.05, 4.69) is 39.3 Å². The summed E-state index contributed by atoms with van der Waals surface area (Å²) >= 11 is 1.92. The molecule has 110 valence electrons. The topological polar surface area (TPSA) is 41.5 Å². The molecule has 0 fully saturated rings. The Bertz CT molecular complexity index is 188. The van der Waals surface area contributed by atoms with Gasteiger partial charge in [-0.3, -0.25) is 0 Å². The molecule has 2 N–H and O–H groups in total. The van der Waals surface area contributed by atoms with Crippen LogP contribution in [0.15, 0.2) is 0 Å². The molecule has 0 aromatic rings. The van der Waals surface area contributed by atoms with Gasteiger partial charge in [0.15, 0.2) is 0 Å². The standard InChI is InChI=1S/C14H31NO2S/c1-6-14(7-2,18-5)11-15-8-13(16)10-17-9-12(3)4/h12-13,15-16H,6-11H2,1-5H3. The Morgan fingerprint density at radius 1 is 1.22 bits per heavy atom. The minimum Gasteiger partial charge on any atom is -0.389 e. The van der Waals surface area contributed by atoms with E-state index in [0.717, 1.165) is 26.0 Å². The molecule has 0 spiro atoms. The summed E-state index contributed by atoms with van der Waals surface area (Å²) in [5, 5.41) is 13.1. The molecule has 1 unspecified atom stereocenters. The molecule has 1 atom stereocenters. The lowest BCUT2D eigenvalue weighted by Crippen LogP contribution is -2.40. The fraction of sp³-hybridized carbons (Fsp3) is 1.00. The van der Waals surface area contributed by atoms with E-state index in [4.69, 9.17) is 4.74 Å². The van der Waals surface area contributed by atoms with Gasteiger partial charge in [-0.1, -0.05) is 27.7 Å². The summed E-state index contributed by atoms with van der Waals surface area (Å²) in [5.74, 6) is 0.523. The van der Waals surface area contributed by atoms with E-state index in [9.17, 15) is 5.11 Å². The van der Waals surface area contributed by atoms with Gasteiger partial charge in [-0.2, -0.15) is 11.8 Å². The lowest BCUT2D eigenvalue weighted by Gasteiger charge is -2.30. The number of nitrogens with one attached hydrogen (secondary N) is 1. The first kappa shape index (κ1) is 18.2. The molecule has 3 nitrogen and oxygen atoms in total. The van der Waals surface area contributed by atoms with Gasteiger partial charge in [-0.05, 0) is 25.0 Å². The number of hydrogen-bond donors (Lipinski definition) is 2. The zero-order chi connectivity index (χ0) is 14.0. The SMILES string of the molecule is CCC(CC)(CNCC(O)COCC(C)C)SC. The van der Waals surface area contributed by atoms with Crippen molar-refractivity contribution in [3.05, 3.63) is 0 Å². The molecule has 0 bridgehead atoms. The summed E-state index contributed by atoms with van der Waals surface area (Å²) in [6, 6.07) is 0. The van der Waals surface area contributed by atoms with Crippen LogP contribution >= 0.6 is 11.8 Å². The lowest BCUT2D eigenvalue weighted by molar-refractivity contribution is 0.0260. The van der Waals surface area contributed by atoms with Crippen molar-refractivity contribution in [3.63, 3.8) is 0 Å². The van der Waals surface area contributed by atoms with Gasteiger partial charge < -0.3 is 15.2 Å². The van der Waals surface area contributed by atoms with Crippen LogP contribution in [0, 0.1) is 5.92 Å². The summed E-state index contributed by atoms with van der Waals surface area (Å²) in [5.41, 5.74) is 0. The van der Waals surface area contributed by atoms with E-state index in [1.54, 1.807) is 0 Å². The van der Waals surface area contributed by atoms with Crippen LogP contribution in [-0.4, -0.2) is 48.5 Å². The van der Waals surface area contributed by atoms with Gasteiger partial charge in [0.25, 0.3) is 0 Å². The van der Waals surface area contributed by atoms with Crippen molar-refractivity contribution in [2.75, 3.05) is 32.6 Å². The molecule has 0 aliphatic rings. The predicted molar refractivity (Wildman–Crippen MR) is 81.4 cm³/mol. The second-order valence-corrected chi connectivity index (χ2v) is 6.58. The second-order valence-electron chi connectivity index (χ2n) is 5.31. The Labute approximate surface area is 117 Å². The van der Waals surface area contributed by atoms with Gasteiger partial charge in [0.2, 0.25) is 0 Å². The van der Waals surface area contributed by atoms with Crippen molar-refractivity contribution in [2.45, 2.75) is 51.4 Å². The smallest absolute Gasteiger partial charge is 0.0897 e. The van der Waals surface area contributed by atoms with Gasteiger partial charge in [-0.15, -0.1) is 0 Å². The summed E-state index contributed by atoms with van der Waals surface area (Å²) in [4.78, 5) is 0. The van der Waals surface area contributed by atoms with Crippen LogP contribution in [-0.2, 0) is 4.74 Å². The van der Waals surface area contributed by atoms with Crippen LogP contribution in [0.1, 0.15) is 40.5 Å². The zero-order valence-electron chi connectivity index (χ0n) is 12.7. The normalized spacial score (nSPS) is 14.2. The molecule has 0 rings (SSSR count). The predicted octanol–water partition coefficient (Wildman–Crippen LogP) is 2.53. The molecular formula is C14H31NO2S. The number of aliphatic hydroxyl groups excluding tert-OH is 1. The highest BCUT2D eigenvalue weighted by molar-refractivity contribution is 8.00. The second kappa shape index (κ2) is 10.1. The Morgan fingerprint density at radius 3 is 2.28 bits per heavy atom. The maximum atomic E-state index is 9.78. The highest BCUT2D eigenvalue weighted by atomic mass is 32.2. The first-order valence-corrected chi connectivity index (χ1v) is 8.23. The van der Waals surface area contributed by atoms with Crippen LogP contribution in [0.5, 0.6) is 0 Å². The molecule has 0 aromatic carbocycles. The van der Waals surface area contributed by atoms with E-state index in [-0.39, 0.29) is 0 Å². The van der Waals surface area contributed by atoms with Crippen LogP contribution in [0.2, 0.25) is 0 Å². The Kier molecular flexibility index (Phi) is 10.2.